The molecule has 4 bridgehead atoms. The summed E-state index contributed by atoms with van der Waals surface area (Å²) < 4.78 is 0. The molecule has 172 valence electrons. The molecule has 34 heavy (non-hydrogen) atoms. The molecule has 4 aliphatic carbocycles. The monoisotopic (exact) mass is 452 g/mol. The first-order chi connectivity index (χ1) is 16.4. The van der Waals surface area contributed by atoms with Crippen LogP contribution >= 0.6 is 0 Å². The van der Waals surface area contributed by atoms with Gasteiger partial charge in [-0.2, -0.15) is 0 Å². The number of carbonyl (C=O) groups excluding carboxylic acids is 1. The summed E-state index contributed by atoms with van der Waals surface area (Å²) in [5.41, 5.74) is 4.56. The lowest BCUT2D eigenvalue weighted by Gasteiger charge is -2.62. The van der Waals surface area contributed by atoms with E-state index >= 15 is 0 Å². The van der Waals surface area contributed by atoms with E-state index < -0.39 is 4.92 Å². The predicted octanol–water partition coefficient (Wildman–Crippen LogP) is 6.64. The number of rotatable bonds is 5. The number of nitrogens with zero attached hydrogens (tertiary/aromatic N) is 1. The second kappa shape index (κ2) is 7.79. The van der Waals surface area contributed by atoms with E-state index in [4.69, 9.17) is 0 Å². The Balaban J connectivity index is 1.23. The number of nitrogens with one attached hydrogen (secondary N) is 1. The zero-order chi connectivity index (χ0) is 23.3. The third kappa shape index (κ3) is 3.51. The number of carbonyl (C=O) groups is 1. The highest BCUT2D eigenvalue weighted by atomic mass is 16.6. The fourth-order valence-corrected chi connectivity index (χ4v) is 7.57. The summed E-state index contributed by atoms with van der Waals surface area (Å²) in [7, 11) is 0. The van der Waals surface area contributed by atoms with E-state index in [1.807, 2.05) is 12.1 Å². The van der Waals surface area contributed by atoms with Crippen LogP contribution in [0.1, 0.15) is 60.0 Å². The van der Waals surface area contributed by atoms with E-state index in [2.05, 4.69) is 47.8 Å². The van der Waals surface area contributed by atoms with E-state index in [9.17, 15) is 14.9 Å². The molecule has 1 amide bonds. The van der Waals surface area contributed by atoms with Gasteiger partial charge in [0.2, 0.25) is 0 Å². The van der Waals surface area contributed by atoms with Gasteiger partial charge in [0.25, 0.3) is 11.6 Å². The van der Waals surface area contributed by atoms with Crippen molar-refractivity contribution >= 4 is 17.3 Å². The van der Waals surface area contributed by atoms with Crippen LogP contribution in [0.25, 0.3) is 0 Å². The summed E-state index contributed by atoms with van der Waals surface area (Å²) in [5, 5.41) is 13.8. The summed E-state index contributed by atoms with van der Waals surface area (Å²) in [6.07, 6.45) is 7.77. The van der Waals surface area contributed by atoms with Crippen LogP contribution in [0.3, 0.4) is 0 Å². The number of nitro benzene ring substituents is 1. The number of amides is 1. The first-order valence-corrected chi connectivity index (χ1v) is 12.2. The Morgan fingerprint density at radius 2 is 1.35 bits per heavy atom. The molecule has 5 nitrogen and oxygen atoms in total. The molecule has 5 heteroatoms. The highest BCUT2D eigenvalue weighted by Gasteiger charge is 2.58. The van der Waals surface area contributed by atoms with Crippen molar-refractivity contribution in [2.24, 2.45) is 11.8 Å². The van der Waals surface area contributed by atoms with Gasteiger partial charge in [0, 0.05) is 23.4 Å². The molecule has 0 spiro atoms. The van der Waals surface area contributed by atoms with E-state index in [1.165, 1.54) is 73.9 Å². The molecule has 3 aromatic rings. The molecule has 2 atom stereocenters. The maximum atomic E-state index is 12.6. The zero-order valence-electron chi connectivity index (χ0n) is 19.1. The first kappa shape index (κ1) is 21.1. The van der Waals surface area contributed by atoms with Crippen molar-refractivity contribution in [1.82, 2.24) is 0 Å². The van der Waals surface area contributed by atoms with Crippen LogP contribution in [0.2, 0.25) is 0 Å². The minimum Gasteiger partial charge on any atom is -0.322 e. The van der Waals surface area contributed by atoms with Crippen LogP contribution < -0.4 is 5.32 Å². The summed E-state index contributed by atoms with van der Waals surface area (Å²) in [6, 6.07) is 25.3. The van der Waals surface area contributed by atoms with E-state index in [-0.39, 0.29) is 17.0 Å². The molecule has 4 aliphatic rings. The Morgan fingerprint density at radius 1 is 0.794 bits per heavy atom. The normalized spacial score (nSPS) is 29.1. The maximum Gasteiger partial charge on any atom is 0.269 e. The smallest absolute Gasteiger partial charge is 0.269 e. The van der Waals surface area contributed by atoms with Gasteiger partial charge in [0.15, 0.2) is 0 Å². The molecule has 1 N–H and O–H groups in total. The van der Waals surface area contributed by atoms with Gasteiger partial charge in [-0.15, -0.1) is 0 Å². The van der Waals surface area contributed by atoms with Gasteiger partial charge in [-0.1, -0.05) is 42.5 Å². The number of hydrogen-bond acceptors (Lipinski definition) is 3. The van der Waals surface area contributed by atoms with Gasteiger partial charge in [-0.3, -0.25) is 14.9 Å². The maximum absolute atomic E-state index is 12.6. The van der Waals surface area contributed by atoms with Crippen LogP contribution in [0.4, 0.5) is 11.4 Å². The van der Waals surface area contributed by atoms with E-state index in [0.29, 0.717) is 11.0 Å². The Hall–Kier alpha value is -3.47. The lowest BCUT2D eigenvalue weighted by molar-refractivity contribution is -0.384. The molecule has 0 unspecified atom stereocenters. The molecule has 0 heterocycles. The van der Waals surface area contributed by atoms with Crippen LogP contribution in [0.5, 0.6) is 0 Å². The van der Waals surface area contributed by atoms with Crippen LogP contribution in [-0.4, -0.2) is 10.8 Å². The number of nitro groups is 1. The Kier molecular flexibility index (Phi) is 4.83. The van der Waals surface area contributed by atoms with Crippen molar-refractivity contribution in [3.05, 3.63) is 106 Å². The van der Waals surface area contributed by atoms with E-state index in [0.717, 1.165) is 17.5 Å². The number of anilines is 1. The van der Waals surface area contributed by atoms with Gasteiger partial charge in [0.05, 0.1) is 4.92 Å². The molecule has 0 saturated heterocycles. The quantitative estimate of drug-likeness (QED) is 0.348. The average molecular weight is 453 g/mol. The average Bonchev–Trinajstić information content (AvgIpc) is 2.84. The second-order valence-corrected chi connectivity index (χ2v) is 10.7. The fourth-order valence-electron chi connectivity index (χ4n) is 7.57. The SMILES string of the molecule is O=C(Nc1ccc(C23C[C@@H]4C[C@H](CC(c5ccccc5)(C4)C2)C3)cc1)c1ccc([N+](=O)[O-])cc1. The second-order valence-electron chi connectivity index (χ2n) is 10.7. The van der Waals surface area contributed by atoms with Crippen molar-refractivity contribution in [2.75, 3.05) is 5.32 Å². The Labute approximate surface area is 199 Å². The Morgan fingerprint density at radius 3 is 1.91 bits per heavy atom. The van der Waals surface area contributed by atoms with Crippen LogP contribution in [-0.2, 0) is 10.8 Å². The molecular weight excluding hydrogens is 424 g/mol. The fraction of sp³-hybridized carbons (Fsp3) is 0.345. The number of benzene rings is 3. The van der Waals surface area contributed by atoms with Crippen LogP contribution in [0.15, 0.2) is 78.9 Å². The molecule has 7 rings (SSSR count). The highest BCUT2D eigenvalue weighted by molar-refractivity contribution is 6.04. The first-order valence-electron chi connectivity index (χ1n) is 12.2. The topological polar surface area (TPSA) is 72.2 Å². The molecule has 0 aromatic heterocycles. The molecule has 4 fully saturated rings. The molecule has 4 saturated carbocycles. The Bertz CT molecular complexity index is 1220. The number of non-ortho nitro benzene ring substituents is 1. The molecule has 3 aromatic carbocycles. The van der Waals surface area contributed by atoms with Crippen molar-refractivity contribution in [3.8, 4) is 0 Å². The molecule has 0 aliphatic heterocycles. The predicted molar refractivity (Wildman–Crippen MR) is 132 cm³/mol. The van der Waals surface area contributed by atoms with E-state index in [1.54, 1.807) is 0 Å². The minimum absolute atomic E-state index is 0.0234. The zero-order valence-corrected chi connectivity index (χ0v) is 19.1. The third-order valence-electron chi connectivity index (χ3n) is 8.54. The highest BCUT2D eigenvalue weighted by Crippen LogP contribution is 2.66. The van der Waals surface area contributed by atoms with Crippen molar-refractivity contribution < 1.29 is 9.72 Å². The van der Waals surface area contributed by atoms with Crippen LogP contribution in [0, 0.1) is 22.0 Å². The van der Waals surface area contributed by atoms with Gasteiger partial charge in [-0.25, -0.2) is 0 Å². The summed E-state index contributed by atoms with van der Waals surface area (Å²) in [4.78, 5) is 23.0. The summed E-state index contributed by atoms with van der Waals surface area (Å²) >= 11 is 0. The number of hydrogen-bond donors (Lipinski definition) is 1. The third-order valence-corrected chi connectivity index (χ3v) is 8.54. The van der Waals surface area contributed by atoms with Crippen molar-refractivity contribution in [1.29, 1.82) is 0 Å². The largest absolute Gasteiger partial charge is 0.322 e. The molecule has 0 radical (unpaired) electrons. The minimum atomic E-state index is -0.465. The van der Waals surface area contributed by atoms with Crippen molar-refractivity contribution in [2.45, 2.75) is 49.4 Å². The summed E-state index contributed by atoms with van der Waals surface area (Å²) in [6.45, 7) is 0. The van der Waals surface area contributed by atoms with Gasteiger partial charge >= 0.3 is 0 Å². The molecular formula is C29H28N2O3. The lowest BCUT2D eigenvalue weighted by Crippen LogP contribution is -2.55. The summed E-state index contributed by atoms with van der Waals surface area (Å²) in [5.74, 6) is 1.33. The van der Waals surface area contributed by atoms with Gasteiger partial charge in [-0.05, 0) is 96.6 Å². The van der Waals surface area contributed by atoms with Gasteiger partial charge in [0.1, 0.15) is 0 Å². The lowest BCUT2D eigenvalue weighted by atomic mass is 9.42. The van der Waals surface area contributed by atoms with Crippen molar-refractivity contribution in [3.63, 3.8) is 0 Å². The standard InChI is InChI=1S/C29H28N2O3/c32-27(22-6-12-26(13-7-22)31(33)34)30-25-10-8-24(9-11-25)29-17-20-14-21(18-29)16-28(15-20,19-29)23-4-2-1-3-5-23/h1-13,20-21H,14-19H2,(H,30,32)/t20-,21-,28?,29?/m1/s1. The van der Waals surface area contributed by atoms with Gasteiger partial charge < -0.3 is 5.32 Å².